The molecule has 152 valence electrons. The number of nitrogens with two attached hydrogens (primary N) is 1. The molecule has 0 atom stereocenters. The van der Waals surface area contributed by atoms with Gasteiger partial charge in [-0.3, -0.25) is 14.2 Å². The third-order valence-corrected chi connectivity index (χ3v) is 4.53. The van der Waals surface area contributed by atoms with E-state index in [2.05, 4.69) is 20.4 Å². The van der Waals surface area contributed by atoms with Crippen LogP contribution in [0.1, 0.15) is 44.0 Å². The first-order valence-corrected chi connectivity index (χ1v) is 9.39. The van der Waals surface area contributed by atoms with Crippen molar-refractivity contribution < 1.29 is 9.90 Å². The molecular weight excluding hydrogens is 374 g/mol. The molecule has 0 unspecified atom stereocenters. The molecule has 3 aromatic rings. The lowest BCUT2D eigenvalue weighted by Gasteiger charge is -2.23. The van der Waals surface area contributed by atoms with Crippen molar-refractivity contribution in [3.05, 3.63) is 34.2 Å². The molecule has 0 saturated heterocycles. The maximum absolute atomic E-state index is 13.0. The second-order valence-corrected chi connectivity index (χ2v) is 8.50. The number of nitrogen functional groups attached to an aromatic ring is 1. The van der Waals surface area contributed by atoms with Crippen LogP contribution >= 0.6 is 0 Å². The predicted octanol–water partition coefficient (Wildman–Crippen LogP) is 1.18. The molecular formula is C19H23N7O3. The fourth-order valence-corrected chi connectivity index (χ4v) is 3.08. The Morgan fingerprint density at radius 2 is 2.10 bits per heavy atom. The highest BCUT2D eigenvalue weighted by molar-refractivity contribution is 5.96. The Morgan fingerprint density at radius 1 is 1.38 bits per heavy atom. The van der Waals surface area contributed by atoms with E-state index in [0.717, 1.165) is 17.4 Å². The molecule has 0 aliphatic heterocycles. The predicted molar refractivity (Wildman–Crippen MR) is 106 cm³/mol. The number of rotatable bonds is 4. The standard InChI is InChI=1S/C19H23N7O3/c1-19(2,3)9-25-13-8-11(15-21-7-6-12(20)23-15)24-26(13)18(29)14(17(25)28)16(27)22-10-4-5-10/h6-8,10,28H,4-5,9H2,1-3H3,(H,22,27)(H2,20,21,23). The van der Waals surface area contributed by atoms with Gasteiger partial charge in [0.1, 0.15) is 17.2 Å². The van der Waals surface area contributed by atoms with Gasteiger partial charge in [-0.05, 0) is 24.3 Å². The van der Waals surface area contributed by atoms with E-state index in [1.165, 1.54) is 10.8 Å². The summed E-state index contributed by atoms with van der Waals surface area (Å²) in [5.74, 6) is -0.462. The van der Waals surface area contributed by atoms with Crippen LogP contribution in [-0.2, 0) is 6.54 Å². The molecule has 0 aromatic carbocycles. The number of aromatic hydroxyl groups is 1. The molecule has 1 fully saturated rings. The first-order valence-electron chi connectivity index (χ1n) is 9.39. The molecule has 29 heavy (non-hydrogen) atoms. The molecule has 10 nitrogen and oxygen atoms in total. The second kappa shape index (κ2) is 6.57. The Balaban J connectivity index is 1.95. The molecule has 0 bridgehead atoms. The van der Waals surface area contributed by atoms with Crippen LogP contribution < -0.4 is 16.6 Å². The Bertz CT molecular complexity index is 1170. The fourth-order valence-electron chi connectivity index (χ4n) is 3.08. The van der Waals surface area contributed by atoms with Crippen molar-refractivity contribution in [2.75, 3.05) is 5.73 Å². The molecule has 1 aliphatic carbocycles. The summed E-state index contributed by atoms with van der Waals surface area (Å²) in [6.45, 7) is 6.32. The summed E-state index contributed by atoms with van der Waals surface area (Å²) >= 11 is 0. The minimum atomic E-state index is -0.698. The highest BCUT2D eigenvalue weighted by atomic mass is 16.3. The Hall–Kier alpha value is -3.43. The van der Waals surface area contributed by atoms with E-state index < -0.39 is 11.5 Å². The molecule has 3 aromatic heterocycles. The van der Waals surface area contributed by atoms with Crippen molar-refractivity contribution in [1.82, 2.24) is 29.5 Å². The second-order valence-electron chi connectivity index (χ2n) is 8.50. The molecule has 4 N–H and O–H groups in total. The maximum atomic E-state index is 13.0. The number of carbonyl (C=O) groups excluding carboxylic acids is 1. The zero-order valence-electron chi connectivity index (χ0n) is 16.5. The van der Waals surface area contributed by atoms with Gasteiger partial charge < -0.3 is 16.2 Å². The average molecular weight is 397 g/mol. The molecule has 0 radical (unpaired) electrons. The third-order valence-electron chi connectivity index (χ3n) is 4.53. The minimum Gasteiger partial charge on any atom is -0.494 e. The number of fused-ring (bicyclic) bond motifs is 1. The summed E-state index contributed by atoms with van der Waals surface area (Å²) < 4.78 is 2.63. The first kappa shape index (κ1) is 18.9. The Morgan fingerprint density at radius 3 is 2.72 bits per heavy atom. The monoisotopic (exact) mass is 397 g/mol. The molecule has 10 heteroatoms. The number of anilines is 1. The van der Waals surface area contributed by atoms with Gasteiger partial charge in [-0.15, -0.1) is 0 Å². The van der Waals surface area contributed by atoms with Crippen LogP contribution in [0.3, 0.4) is 0 Å². The van der Waals surface area contributed by atoms with Crippen molar-refractivity contribution in [2.45, 2.75) is 46.2 Å². The largest absolute Gasteiger partial charge is 0.494 e. The van der Waals surface area contributed by atoms with Gasteiger partial charge in [0.05, 0.1) is 0 Å². The number of carbonyl (C=O) groups is 1. The highest BCUT2D eigenvalue weighted by Gasteiger charge is 2.30. The molecule has 1 amide bonds. The number of amides is 1. The average Bonchev–Trinajstić information content (AvgIpc) is 3.31. The Labute approximate surface area is 166 Å². The number of hydrogen-bond acceptors (Lipinski definition) is 7. The molecule has 1 aliphatic rings. The van der Waals surface area contributed by atoms with Gasteiger partial charge >= 0.3 is 0 Å². The van der Waals surface area contributed by atoms with Crippen molar-refractivity contribution in [3.63, 3.8) is 0 Å². The number of nitrogens with zero attached hydrogens (tertiary/aromatic N) is 5. The summed E-state index contributed by atoms with van der Waals surface area (Å²) in [5.41, 5.74) is 5.12. The zero-order chi connectivity index (χ0) is 20.9. The van der Waals surface area contributed by atoms with Gasteiger partial charge in [-0.1, -0.05) is 20.8 Å². The van der Waals surface area contributed by atoms with Crippen molar-refractivity contribution in [3.8, 4) is 17.4 Å². The first-order chi connectivity index (χ1) is 13.6. The minimum absolute atomic E-state index is 0.0435. The molecule has 0 spiro atoms. The van der Waals surface area contributed by atoms with Crippen LogP contribution in [-0.4, -0.2) is 41.2 Å². The van der Waals surface area contributed by atoms with Crippen LogP contribution in [0.25, 0.3) is 17.2 Å². The van der Waals surface area contributed by atoms with Gasteiger partial charge in [0.25, 0.3) is 11.5 Å². The summed E-state index contributed by atoms with van der Waals surface area (Å²) in [6.07, 6.45) is 3.22. The van der Waals surface area contributed by atoms with Crippen molar-refractivity contribution >= 4 is 17.4 Å². The quantitative estimate of drug-likeness (QED) is 0.600. The van der Waals surface area contributed by atoms with Crippen LogP contribution in [0.2, 0.25) is 0 Å². The van der Waals surface area contributed by atoms with Crippen LogP contribution in [0.5, 0.6) is 5.88 Å². The number of hydrogen-bond donors (Lipinski definition) is 3. The molecule has 3 heterocycles. The van der Waals surface area contributed by atoms with E-state index in [1.54, 1.807) is 12.1 Å². The van der Waals surface area contributed by atoms with E-state index in [9.17, 15) is 14.7 Å². The highest BCUT2D eigenvalue weighted by Crippen LogP contribution is 2.27. The van der Waals surface area contributed by atoms with Gasteiger partial charge in [0.2, 0.25) is 5.88 Å². The molecule has 4 rings (SSSR count). The fraction of sp³-hybridized carbons (Fsp3) is 0.421. The molecule has 1 saturated carbocycles. The smallest absolute Gasteiger partial charge is 0.291 e. The van der Waals surface area contributed by atoms with Gasteiger partial charge in [0, 0.05) is 24.8 Å². The van der Waals surface area contributed by atoms with Crippen molar-refractivity contribution in [2.24, 2.45) is 5.41 Å². The summed E-state index contributed by atoms with van der Waals surface area (Å²) in [4.78, 5) is 34.0. The van der Waals surface area contributed by atoms with Gasteiger partial charge in [0.15, 0.2) is 11.4 Å². The third kappa shape index (κ3) is 3.65. The normalized spacial score (nSPS) is 14.3. The van der Waals surface area contributed by atoms with Gasteiger partial charge in [-0.2, -0.15) is 9.61 Å². The SMILES string of the molecule is CC(C)(C)Cn1c(O)c(C(=O)NC2CC2)c(=O)n2nc(-c3nccc(N)n3)cc12. The van der Waals surface area contributed by atoms with E-state index in [4.69, 9.17) is 5.73 Å². The lowest BCUT2D eigenvalue weighted by molar-refractivity contribution is 0.0944. The summed E-state index contributed by atoms with van der Waals surface area (Å²) in [5, 5.41) is 17.9. The summed E-state index contributed by atoms with van der Waals surface area (Å²) in [6, 6.07) is 3.19. The van der Waals surface area contributed by atoms with Crippen LogP contribution in [0.4, 0.5) is 5.82 Å². The number of aromatic nitrogens is 5. The van der Waals surface area contributed by atoms with Crippen LogP contribution in [0.15, 0.2) is 23.1 Å². The summed E-state index contributed by atoms with van der Waals surface area (Å²) in [7, 11) is 0. The van der Waals surface area contributed by atoms with Crippen LogP contribution in [0, 0.1) is 5.41 Å². The maximum Gasteiger partial charge on any atom is 0.291 e. The Kier molecular flexibility index (Phi) is 4.29. The van der Waals surface area contributed by atoms with Gasteiger partial charge in [-0.25, -0.2) is 9.97 Å². The van der Waals surface area contributed by atoms with E-state index >= 15 is 0 Å². The van der Waals surface area contributed by atoms with E-state index in [-0.39, 0.29) is 34.5 Å². The topological polar surface area (TPSA) is 140 Å². The lowest BCUT2D eigenvalue weighted by Crippen LogP contribution is -2.35. The number of nitrogens with one attached hydrogen (secondary N) is 1. The lowest BCUT2D eigenvalue weighted by atomic mass is 9.96. The van der Waals surface area contributed by atoms with E-state index in [0.29, 0.717) is 17.9 Å². The zero-order valence-corrected chi connectivity index (χ0v) is 16.5. The van der Waals surface area contributed by atoms with E-state index in [1.807, 2.05) is 20.8 Å². The van der Waals surface area contributed by atoms with Crippen molar-refractivity contribution in [1.29, 1.82) is 0 Å².